The van der Waals surface area contributed by atoms with Crippen LogP contribution in [0.2, 0.25) is 0 Å². The molecule has 1 aromatic heterocycles. The third-order valence-electron chi connectivity index (χ3n) is 3.97. The molecule has 1 amide bonds. The van der Waals surface area contributed by atoms with Crippen LogP contribution < -0.4 is 5.32 Å². The minimum absolute atomic E-state index is 0.00550. The maximum atomic E-state index is 12.6. The Bertz CT molecular complexity index is 641. The summed E-state index contributed by atoms with van der Waals surface area (Å²) in [6, 6.07) is 7.63. The summed E-state index contributed by atoms with van der Waals surface area (Å²) in [4.78, 5) is 23.3. The number of amides is 1. The average Bonchev–Trinajstić information content (AvgIpc) is 2.54. The first-order valence-electron chi connectivity index (χ1n) is 7.43. The van der Waals surface area contributed by atoms with Gasteiger partial charge in [0.2, 0.25) is 0 Å². The van der Waals surface area contributed by atoms with Crippen molar-refractivity contribution in [1.29, 1.82) is 0 Å². The van der Waals surface area contributed by atoms with E-state index in [2.05, 4.69) is 15.3 Å². The number of piperidine rings is 1. The molecule has 1 atom stereocenters. The van der Waals surface area contributed by atoms with Gasteiger partial charge < -0.3 is 10.2 Å². The first-order valence-corrected chi connectivity index (χ1v) is 7.43. The van der Waals surface area contributed by atoms with E-state index in [0.29, 0.717) is 11.6 Å². The van der Waals surface area contributed by atoms with Crippen molar-refractivity contribution < 1.29 is 4.79 Å². The molecule has 1 aliphatic heterocycles. The number of likely N-dealkylation sites (tertiary alicyclic amines) is 1. The Labute approximate surface area is 124 Å². The van der Waals surface area contributed by atoms with Crippen molar-refractivity contribution in [3.63, 3.8) is 0 Å². The smallest absolute Gasteiger partial charge is 0.274 e. The molecular formula is C16H20N4O. The number of carbonyl (C=O) groups excluding carboxylic acids is 1. The van der Waals surface area contributed by atoms with Gasteiger partial charge in [-0.1, -0.05) is 12.1 Å². The van der Waals surface area contributed by atoms with Crippen LogP contribution in [-0.2, 0) is 0 Å². The first-order chi connectivity index (χ1) is 10.3. The van der Waals surface area contributed by atoms with Crippen LogP contribution >= 0.6 is 0 Å². The van der Waals surface area contributed by atoms with Crippen molar-refractivity contribution in [3.8, 4) is 0 Å². The molecule has 3 rings (SSSR count). The van der Waals surface area contributed by atoms with Crippen molar-refractivity contribution in [2.24, 2.45) is 5.92 Å². The number of benzene rings is 1. The zero-order valence-electron chi connectivity index (χ0n) is 12.2. The normalized spacial score (nSPS) is 18.9. The standard InChI is InChI=1S/C16H20N4O/c1-17-9-12-5-4-8-20(11-12)16(21)15-10-18-13-6-2-3-7-14(13)19-15/h2-3,6-7,10,12,17H,4-5,8-9,11H2,1H3. The number of para-hydroxylation sites is 2. The van der Waals surface area contributed by atoms with Gasteiger partial charge in [-0.2, -0.15) is 0 Å². The molecule has 5 nitrogen and oxygen atoms in total. The second kappa shape index (κ2) is 6.18. The number of carbonyl (C=O) groups is 1. The van der Waals surface area contributed by atoms with Crippen molar-refractivity contribution in [2.45, 2.75) is 12.8 Å². The fourth-order valence-corrected chi connectivity index (χ4v) is 2.93. The number of hydrogen-bond donors (Lipinski definition) is 1. The molecule has 2 heterocycles. The predicted molar refractivity (Wildman–Crippen MR) is 82.1 cm³/mol. The molecule has 110 valence electrons. The maximum Gasteiger partial charge on any atom is 0.274 e. The highest BCUT2D eigenvalue weighted by atomic mass is 16.2. The van der Waals surface area contributed by atoms with E-state index in [-0.39, 0.29) is 5.91 Å². The van der Waals surface area contributed by atoms with Crippen LogP contribution in [0, 0.1) is 5.92 Å². The molecule has 21 heavy (non-hydrogen) atoms. The number of nitrogens with one attached hydrogen (secondary N) is 1. The SMILES string of the molecule is CNCC1CCCN(C(=O)c2cnc3ccccc3n2)C1. The Kier molecular flexibility index (Phi) is 4.10. The number of nitrogens with zero attached hydrogens (tertiary/aromatic N) is 3. The van der Waals surface area contributed by atoms with Crippen molar-refractivity contribution in [1.82, 2.24) is 20.2 Å². The summed E-state index contributed by atoms with van der Waals surface area (Å²) in [5.74, 6) is 0.523. The van der Waals surface area contributed by atoms with Gasteiger partial charge in [-0.15, -0.1) is 0 Å². The Morgan fingerprint density at radius 2 is 2.19 bits per heavy atom. The van der Waals surface area contributed by atoms with Crippen LogP contribution in [0.4, 0.5) is 0 Å². The van der Waals surface area contributed by atoms with E-state index >= 15 is 0 Å². The fourth-order valence-electron chi connectivity index (χ4n) is 2.93. The lowest BCUT2D eigenvalue weighted by Crippen LogP contribution is -2.42. The molecule has 1 saturated heterocycles. The third kappa shape index (κ3) is 3.03. The van der Waals surface area contributed by atoms with E-state index in [4.69, 9.17) is 0 Å². The Morgan fingerprint density at radius 1 is 1.38 bits per heavy atom. The minimum atomic E-state index is -0.00550. The van der Waals surface area contributed by atoms with Gasteiger partial charge >= 0.3 is 0 Å². The summed E-state index contributed by atoms with van der Waals surface area (Å²) in [7, 11) is 1.95. The summed E-state index contributed by atoms with van der Waals surface area (Å²) in [5.41, 5.74) is 2.03. The molecule has 1 aliphatic rings. The summed E-state index contributed by atoms with van der Waals surface area (Å²) in [6.45, 7) is 2.56. The Hall–Kier alpha value is -2.01. The van der Waals surface area contributed by atoms with E-state index in [0.717, 1.165) is 37.1 Å². The van der Waals surface area contributed by atoms with Gasteiger partial charge in [0.25, 0.3) is 5.91 Å². The third-order valence-corrected chi connectivity index (χ3v) is 3.97. The van der Waals surface area contributed by atoms with Gasteiger partial charge in [-0.3, -0.25) is 9.78 Å². The average molecular weight is 284 g/mol. The van der Waals surface area contributed by atoms with E-state index in [9.17, 15) is 4.79 Å². The zero-order chi connectivity index (χ0) is 14.7. The molecule has 1 unspecified atom stereocenters. The zero-order valence-corrected chi connectivity index (χ0v) is 12.2. The number of fused-ring (bicyclic) bond motifs is 1. The van der Waals surface area contributed by atoms with E-state index in [1.165, 1.54) is 6.42 Å². The van der Waals surface area contributed by atoms with Crippen LogP contribution in [-0.4, -0.2) is 47.5 Å². The quantitative estimate of drug-likeness (QED) is 0.932. The summed E-state index contributed by atoms with van der Waals surface area (Å²) < 4.78 is 0. The lowest BCUT2D eigenvalue weighted by Gasteiger charge is -2.32. The van der Waals surface area contributed by atoms with E-state index in [1.807, 2.05) is 36.2 Å². The van der Waals surface area contributed by atoms with Crippen LogP contribution in [0.3, 0.4) is 0 Å². The molecule has 1 aromatic carbocycles. The molecular weight excluding hydrogens is 264 g/mol. The van der Waals surface area contributed by atoms with Gasteiger partial charge in [0, 0.05) is 13.1 Å². The molecule has 2 aromatic rings. The van der Waals surface area contributed by atoms with Crippen LogP contribution in [0.5, 0.6) is 0 Å². The molecule has 0 bridgehead atoms. The van der Waals surface area contributed by atoms with E-state index in [1.54, 1.807) is 6.20 Å². The molecule has 0 radical (unpaired) electrons. The molecule has 0 spiro atoms. The number of rotatable bonds is 3. The largest absolute Gasteiger partial charge is 0.337 e. The summed E-state index contributed by atoms with van der Waals surface area (Å²) in [6.07, 6.45) is 3.82. The number of aromatic nitrogens is 2. The topological polar surface area (TPSA) is 58.1 Å². The maximum absolute atomic E-state index is 12.6. The monoisotopic (exact) mass is 284 g/mol. The molecule has 1 N–H and O–H groups in total. The molecule has 5 heteroatoms. The molecule has 0 saturated carbocycles. The summed E-state index contributed by atoms with van der Waals surface area (Å²) in [5, 5.41) is 3.19. The van der Waals surface area contributed by atoms with Crippen LogP contribution in [0.25, 0.3) is 11.0 Å². The molecule has 1 fully saturated rings. The van der Waals surface area contributed by atoms with E-state index < -0.39 is 0 Å². The highest BCUT2D eigenvalue weighted by Gasteiger charge is 2.25. The summed E-state index contributed by atoms with van der Waals surface area (Å²) >= 11 is 0. The highest BCUT2D eigenvalue weighted by Crippen LogP contribution is 2.18. The van der Waals surface area contributed by atoms with Gasteiger partial charge in [0.05, 0.1) is 17.2 Å². The Morgan fingerprint density at radius 3 is 3.00 bits per heavy atom. The van der Waals surface area contributed by atoms with Gasteiger partial charge in [0.1, 0.15) is 5.69 Å². The van der Waals surface area contributed by atoms with Gasteiger partial charge in [-0.05, 0) is 44.5 Å². The van der Waals surface area contributed by atoms with Gasteiger partial charge in [-0.25, -0.2) is 4.98 Å². The molecule has 0 aliphatic carbocycles. The second-order valence-corrected chi connectivity index (χ2v) is 5.56. The highest BCUT2D eigenvalue weighted by molar-refractivity contribution is 5.93. The van der Waals surface area contributed by atoms with Crippen LogP contribution in [0.1, 0.15) is 23.3 Å². The van der Waals surface area contributed by atoms with Crippen molar-refractivity contribution in [3.05, 3.63) is 36.2 Å². The lowest BCUT2D eigenvalue weighted by atomic mass is 9.98. The van der Waals surface area contributed by atoms with Gasteiger partial charge in [0.15, 0.2) is 0 Å². The first kappa shape index (κ1) is 13.9. The fraction of sp³-hybridized carbons (Fsp3) is 0.438. The van der Waals surface area contributed by atoms with Crippen LogP contribution in [0.15, 0.2) is 30.5 Å². The van der Waals surface area contributed by atoms with Crippen molar-refractivity contribution >= 4 is 16.9 Å². The minimum Gasteiger partial charge on any atom is -0.337 e. The Balaban J connectivity index is 1.79. The lowest BCUT2D eigenvalue weighted by molar-refractivity contribution is 0.0668. The predicted octanol–water partition coefficient (Wildman–Crippen LogP) is 1.70. The second-order valence-electron chi connectivity index (χ2n) is 5.56. The number of hydrogen-bond acceptors (Lipinski definition) is 4. The van der Waals surface area contributed by atoms with Crippen molar-refractivity contribution in [2.75, 3.05) is 26.7 Å².